The van der Waals surface area contributed by atoms with E-state index >= 15 is 0 Å². The number of carbonyl (C=O) groups is 1. The highest BCUT2D eigenvalue weighted by molar-refractivity contribution is 5.82. The first-order valence-corrected chi connectivity index (χ1v) is 5.59. The van der Waals surface area contributed by atoms with Crippen LogP contribution in [0.4, 0.5) is 5.69 Å². The number of nitrogens with zero attached hydrogens (tertiary/aromatic N) is 2. The number of para-hydroxylation sites is 2. The Morgan fingerprint density at radius 2 is 2.18 bits per heavy atom. The van der Waals surface area contributed by atoms with Crippen LogP contribution in [0, 0.1) is 0 Å². The SMILES string of the molecule is COc1ccccc1N1CCC(=O)N1CCO. The van der Waals surface area contributed by atoms with E-state index in [1.54, 1.807) is 12.1 Å². The minimum atomic E-state index is -0.0443. The first-order valence-electron chi connectivity index (χ1n) is 5.59. The van der Waals surface area contributed by atoms with Gasteiger partial charge in [0.15, 0.2) is 0 Å². The van der Waals surface area contributed by atoms with E-state index in [1.807, 2.05) is 29.3 Å². The molecule has 1 fully saturated rings. The molecule has 1 aliphatic heterocycles. The van der Waals surface area contributed by atoms with Gasteiger partial charge in [0.25, 0.3) is 0 Å². The first kappa shape index (κ1) is 11.7. The number of methoxy groups -OCH3 is 1. The fourth-order valence-electron chi connectivity index (χ4n) is 2.02. The molecule has 1 amide bonds. The number of anilines is 1. The van der Waals surface area contributed by atoms with Crippen LogP contribution in [0.1, 0.15) is 6.42 Å². The third kappa shape index (κ3) is 2.19. The van der Waals surface area contributed by atoms with Crippen molar-refractivity contribution in [2.24, 2.45) is 0 Å². The fraction of sp³-hybridized carbons (Fsp3) is 0.417. The topological polar surface area (TPSA) is 53.0 Å². The van der Waals surface area contributed by atoms with E-state index in [2.05, 4.69) is 0 Å². The molecule has 1 heterocycles. The average molecular weight is 236 g/mol. The second-order valence-electron chi connectivity index (χ2n) is 3.79. The maximum absolute atomic E-state index is 11.7. The molecule has 17 heavy (non-hydrogen) atoms. The van der Waals surface area contributed by atoms with E-state index in [0.29, 0.717) is 19.5 Å². The Labute approximate surface area is 100 Å². The van der Waals surface area contributed by atoms with Crippen LogP contribution >= 0.6 is 0 Å². The fourth-order valence-corrected chi connectivity index (χ4v) is 2.02. The zero-order chi connectivity index (χ0) is 12.3. The molecule has 5 heteroatoms. The number of hydrogen-bond acceptors (Lipinski definition) is 4. The number of amides is 1. The minimum absolute atomic E-state index is 0.0324. The lowest BCUT2D eigenvalue weighted by atomic mass is 10.3. The van der Waals surface area contributed by atoms with Gasteiger partial charge in [-0.3, -0.25) is 14.8 Å². The lowest BCUT2D eigenvalue weighted by Crippen LogP contribution is -2.41. The lowest BCUT2D eigenvalue weighted by Gasteiger charge is -2.30. The first-order chi connectivity index (χ1) is 8.27. The molecule has 2 rings (SSSR count). The standard InChI is InChI=1S/C12H16N2O3/c1-17-11-5-3-2-4-10(11)13-7-6-12(16)14(13)8-9-15/h2-5,15H,6-9H2,1H3. The van der Waals surface area contributed by atoms with Crippen molar-refractivity contribution in [3.05, 3.63) is 24.3 Å². The molecule has 0 aliphatic carbocycles. The summed E-state index contributed by atoms with van der Waals surface area (Å²) in [5, 5.41) is 12.4. The number of rotatable bonds is 4. The van der Waals surface area contributed by atoms with Crippen LogP contribution in [-0.2, 0) is 4.79 Å². The van der Waals surface area contributed by atoms with E-state index < -0.39 is 0 Å². The number of β-amino-alcohol motifs (C(OH)–C–C–N with tert-alkyl or cyclic N) is 1. The van der Waals surface area contributed by atoms with Gasteiger partial charge >= 0.3 is 0 Å². The van der Waals surface area contributed by atoms with E-state index in [1.165, 1.54) is 0 Å². The van der Waals surface area contributed by atoms with Crippen molar-refractivity contribution in [3.63, 3.8) is 0 Å². The predicted molar refractivity (Wildman–Crippen MR) is 63.8 cm³/mol. The third-order valence-electron chi connectivity index (χ3n) is 2.79. The summed E-state index contributed by atoms with van der Waals surface area (Å²) in [5.41, 5.74) is 0.856. The zero-order valence-corrected chi connectivity index (χ0v) is 9.80. The Balaban J connectivity index is 2.29. The molecular weight excluding hydrogens is 220 g/mol. The normalized spacial score (nSPS) is 15.5. The van der Waals surface area contributed by atoms with Gasteiger partial charge in [0.2, 0.25) is 5.91 Å². The Morgan fingerprint density at radius 1 is 1.41 bits per heavy atom. The summed E-state index contributed by atoms with van der Waals surface area (Å²) >= 11 is 0. The van der Waals surface area contributed by atoms with Crippen molar-refractivity contribution in [2.75, 3.05) is 31.8 Å². The number of aliphatic hydroxyl groups excluding tert-OH is 1. The molecule has 1 saturated heterocycles. The Bertz CT molecular complexity index is 408. The van der Waals surface area contributed by atoms with Gasteiger partial charge in [0.05, 0.1) is 25.9 Å². The molecule has 1 aromatic carbocycles. The summed E-state index contributed by atoms with van der Waals surface area (Å²) in [4.78, 5) is 11.7. The highest BCUT2D eigenvalue weighted by atomic mass is 16.5. The molecule has 0 bridgehead atoms. The quantitative estimate of drug-likeness (QED) is 0.833. The summed E-state index contributed by atoms with van der Waals surface area (Å²) in [7, 11) is 1.60. The Morgan fingerprint density at radius 3 is 2.88 bits per heavy atom. The second-order valence-corrected chi connectivity index (χ2v) is 3.79. The van der Waals surface area contributed by atoms with Crippen LogP contribution in [0.25, 0.3) is 0 Å². The van der Waals surface area contributed by atoms with Crippen LogP contribution in [0.2, 0.25) is 0 Å². The molecule has 1 N–H and O–H groups in total. The molecule has 0 unspecified atom stereocenters. The largest absolute Gasteiger partial charge is 0.495 e. The maximum atomic E-state index is 11.7. The van der Waals surface area contributed by atoms with Crippen LogP contribution in [0.5, 0.6) is 5.75 Å². The number of benzene rings is 1. The van der Waals surface area contributed by atoms with Crippen molar-refractivity contribution in [1.29, 1.82) is 0 Å². The highest BCUT2D eigenvalue weighted by Crippen LogP contribution is 2.31. The van der Waals surface area contributed by atoms with Gasteiger partial charge in [-0.25, -0.2) is 0 Å². The molecule has 1 aliphatic rings. The highest BCUT2D eigenvalue weighted by Gasteiger charge is 2.30. The number of hydrazine groups is 1. The van der Waals surface area contributed by atoms with Gasteiger partial charge < -0.3 is 9.84 Å². The second kappa shape index (κ2) is 5.05. The number of aliphatic hydroxyl groups is 1. The molecule has 0 spiro atoms. The summed E-state index contributed by atoms with van der Waals surface area (Å²) in [6.07, 6.45) is 0.470. The summed E-state index contributed by atoms with van der Waals surface area (Å²) < 4.78 is 5.28. The Kier molecular flexibility index (Phi) is 3.49. The number of hydrogen-bond donors (Lipinski definition) is 1. The minimum Gasteiger partial charge on any atom is -0.495 e. The van der Waals surface area contributed by atoms with Crippen molar-refractivity contribution < 1.29 is 14.6 Å². The van der Waals surface area contributed by atoms with Crippen LogP contribution in [-0.4, -0.2) is 42.8 Å². The molecule has 1 aromatic rings. The average Bonchev–Trinajstić information content (AvgIpc) is 2.72. The van der Waals surface area contributed by atoms with Crippen LogP contribution in [0.15, 0.2) is 24.3 Å². The molecular formula is C12H16N2O3. The summed E-state index contributed by atoms with van der Waals surface area (Å²) in [6, 6.07) is 7.55. The van der Waals surface area contributed by atoms with Crippen molar-refractivity contribution >= 4 is 11.6 Å². The van der Waals surface area contributed by atoms with Crippen molar-refractivity contribution in [1.82, 2.24) is 5.01 Å². The molecule has 0 saturated carbocycles. The summed E-state index contributed by atoms with van der Waals surface area (Å²) in [6.45, 7) is 0.896. The van der Waals surface area contributed by atoms with Crippen molar-refractivity contribution in [3.8, 4) is 5.75 Å². The van der Waals surface area contributed by atoms with Gasteiger partial charge in [-0.15, -0.1) is 0 Å². The lowest BCUT2D eigenvalue weighted by molar-refractivity contribution is -0.128. The van der Waals surface area contributed by atoms with Gasteiger partial charge in [-0.1, -0.05) is 12.1 Å². The number of ether oxygens (including phenoxy) is 1. The van der Waals surface area contributed by atoms with Crippen LogP contribution in [0.3, 0.4) is 0 Å². The maximum Gasteiger partial charge on any atom is 0.243 e. The smallest absolute Gasteiger partial charge is 0.243 e. The van der Waals surface area contributed by atoms with E-state index in [4.69, 9.17) is 9.84 Å². The van der Waals surface area contributed by atoms with Crippen LogP contribution < -0.4 is 9.75 Å². The third-order valence-corrected chi connectivity index (χ3v) is 2.79. The van der Waals surface area contributed by atoms with E-state index in [-0.39, 0.29) is 12.5 Å². The molecule has 0 radical (unpaired) electrons. The van der Waals surface area contributed by atoms with E-state index in [0.717, 1.165) is 11.4 Å². The monoisotopic (exact) mass is 236 g/mol. The van der Waals surface area contributed by atoms with Gasteiger partial charge in [0.1, 0.15) is 5.75 Å². The molecule has 0 atom stereocenters. The Hall–Kier alpha value is -1.75. The van der Waals surface area contributed by atoms with Gasteiger partial charge in [0, 0.05) is 13.0 Å². The number of carbonyl (C=O) groups excluding carboxylic acids is 1. The van der Waals surface area contributed by atoms with Gasteiger partial charge in [-0.05, 0) is 12.1 Å². The molecule has 5 nitrogen and oxygen atoms in total. The van der Waals surface area contributed by atoms with Crippen molar-refractivity contribution in [2.45, 2.75) is 6.42 Å². The summed E-state index contributed by atoms with van der Waals surface area (Å²) in [5.74, 6) is 0.759. The zero-order valence-electron chi connectivity index (χ0n) is 9.80. The molecule has 0 aromatic heterocycles. The molecule has 92 valence electrons. The predicted octanol–water partition coefficient (Wildman–Crippen LogP) is 0.641. The van der Waals surface area contributed by atoms with Gasteiger partial charge in [-0.2, -0.15) is 0 Å². The van der Waals surface area contributed by atoms with E-state index in [9.17, 15) is 4.79 Å².